The predicted octanol–water partition coefficient (Wildman–Crippen LogP) is 1.35. The van der Waals surface area contributed by atoms with E-state index in [1.807, 2.05) is 6.92 Å². The van der Waals surface area contributed by atoms with Crippen LogP contribution in [0.3, 0.4) is 0 Å². The van der Waals surface area contributed by atoms with Crippen LogP contribution in [0.2, 0.25) is 0 Å². The average molecular weight is 152 g/mol. The van der Waals surface area contributed by atoms with Crippen LogP contribution in [0, 0.1) is 0 Å². The molecule has 0 bridgehead atoms. The quantitative estimate of drug-likeness (QED) is 0.473. The monoisotopic (exact) mass is 152 g/mol. The summed E-state index contributed by atoms with van der Waals surface area (Å²) in [4.78, 5) is 0. The first-order chi connectivity index (χ1) is 5.29. The maximum atomic E-state index is 9.31. The van der Waals surface area contributed by atoms with Gasteiger partial charge in [-0.3, -0.25) is 0 Å². The summed E-state index contributed by atoms with van der Waals surface area (Å²) in [5.41, 5.74) is 4.59. The van der Waals surface area contributed by atoms with Crippen LogP contribution < -0.4 is 5.43 Å². The Morgan fingerprint density at radius 1 is 1.91 bits per heavy atom. The SMILES string of the molecule is C=C/C(O)=C(\CC)C1=NNC1. The van der Waals surface area contributed by atoms with Crippen LogP contribution in [0.1, 0.15) is 13.3 Å². The topological polar surface area (TPSA) is 44.6 Å². The van der Waals surface area contributed by atoms with E-state index >= 15 is 0 Å². The maximum absolute atomic E-state index is 9.31. The van der Waals surface area contributed by atoms with Crippen molar-refractivity contribution in [1.82, 2.24) is 5.43 Å². The van der Waals surface area contributed by atoms with Crippen molar-refractivity contribution in [3.05, 3.63) is 24.0 Å². The largest absolute Gasteiger partial charge is 0.508 e. The molecule has 0 aromatic rings. The van der Waals surface area contributed by atoms with E-state index in [9.17, 15) is 5.11 Å². The second kappa shape index (κ2) is 3.23. The third-order valence-electron chi connectivity index (χ3n) is 1.66. The van der Waals surface area contributed by atoms with Crippen LogP contribution in [0.25, 0.3) is 0 Å². The first kappa shape index (κ1) is 7.85. The van der Waals surface area contributed by atoms with Gasteiger partial charge in [-0.05, 0) is 12.5 Å². The molecule has 0 aromatic heterocycles. The lowest BCUT2D eigenvalue weighted by Crippen LogP contribution is -2.32. The second-order valence-corrected chi connectivity index (χ2v) is 2.31. The first-order valence-electron chi connectivity index (χ1n) is 3.64. The number of rotatable bonds is 3. The van der Waals surface area contributed by atoms with Gasteiger partial charge in [0.15, 0.2) is 0 Å². The molecule has 11 heavy (non-hydrogen) atoms. The Morgan fingerprint density at radius 3 is 2.82 bits per heavy atom. The average Bonchev–Trinajstić information content (AvgIpc) is 1.94. The molecule has 0 spiro atoms. The van der Waals surface area contributed by atoms with Crippen LogP contribution in [-0.2, 0) is 0 Å². The lowest BCUT2D eigenvalue weighted by molar-refractivity contribution is 0.426. The Kier molecular flexibility index (Phi) is 2.31. The van der Waals surface area contributed by atoms with Crippen molar-refractivity contribution in [2.24, 2.45) is 5.10 Å². The standard InChI is InChI=1S/C8H12N2O/c1-3-6(8(11)4-2)7-5-9-10-7/h4,9,11H,2-3,5H2,1H3/b8-6-. The fourth-order valence-corrected chi connectivity index (χ4v) is 0.988. The molecule has 3 nitrogen and oxygen atoms in total. The van der Waals surface area contributed by atoms with Gasteiger partial charge in [0.1, 0.15) is 5.76 Å². The summed E-state index contributed by atoms with van der Waals surface area (Å²) < 4.78 is 0. The van der Waals surface area contributed by atoms with Gasteiger partial charge in [-0.2, -0.15) is 5.10 Å². The van der Waals surface area contributed by atoms with Crippen molar-refractivity contribution >= 4 is 5.71 Å². The van der Waals surface area contributed by atoms with Crippen molar-refractivity contribution in [3.63, 3.8) is 0 Å². The molecule has 0 atom stereocenters. The molecular weight excluding hydrogens is 140 g/mol. The van der Waals surface area contributed by atoms with E-state index < -0.39 is 0 Å². The van der Waals surface area contributed by atoms with Crippen LogP contribution >= 0.6 is 0 Å². The molecule has 1 aliphatic heterocycles. The summed E-state index contributed by atoms with van der Waals surface area (Å²) in [6, 6.07) is 0. The highest BCUT2D eigenvalue weighted by Gasteiger charge is 2.14. The molecule has 1 aliphatic rings. The number of nitrogens with one attached hydrogen (secondary N) is 1. The van der Waals surface area contributed by atoms with Crippen molar-refractivity contribution in [2.75, 3.05) is 6.54 Å². The fourth-order valence-electron chi connectivity index (χ4n) is 0.988. The zero-order chi connectivity index (χ0) is 8.27. The Morgan fingerprint density at radius 2 is 2.55 bits per heavy atom. The summed E-state index contributed by atoms with van der Waals surface area (Å²) in [5, 5.41) is 13.2. The summed E-state index contributed by atoms with van der Waals surface area (Å²) in [6.07, 6.45) is 2.23. The highest BCUT2D eigenvalue weighted by atomic mass is 16.3. The minimum Gasteiger partial charge on any atom is -0.508 e. The molecule has 3 heteroatoms. The molecule has 0 radical (unpaired) electrons. The highest BCUT2D eigenvalue weighted by molar-refractivity contribution is 6.04. The summed E-state index contributed by atoms with van der Waals surface area (Å²) in [5.74, 6) is 0.243. The zero-order valence-corrected chi connectivity index (χ0v) is 6.59. The van der Waals surface area contributed by atoms with E-state index in [1.165, 1.54) is 6.08 Å². The molecule has 0 aliphatic carbocycles. The van der Waals surface area contributed by atoms with Crippen molar-refractivity contribution in [3.8, 4) is 0 Å². The van der Waals surface area contributed by atoms with Crippen molar-refractivity contribution in [1.29, 1.82) is 0 Å². The molecule has 0 aromatic carbocycles. The number of aliphatic hydroxyl groups excluding tert-OH is 1. The third-order valence-corrected chi connectivity index (χ3v) is 1.66. The van der Waals surface area contributed by atoms with E-state index in [2.05, 4.69) is 17.1 Å². The smallest absolute Gasteiger partial charge is 0.120 e. The zero-order valence-electron chi connectivity index (χ0n) is 6.59. The van der Waals surface area contributed by atoms with Gasteiger partial charge in [0.2, 0.25) is 0 Å². The number of hydrogen-bond acceptors (Lipinski definition) is 3. The van der Waals surface area contributed by atoms with E-state index in [-0.39, 0.29) is 5.76 Å². The van der Waals surface area contributed by atoms with Crippen molar-refractivity contribution < 1.29 is 5.11 Å². The van der Waals surface area contributed by atoms with E-state index in [0.717, 1.165) is 24.3 Å². The second-order valence-electron chi connectivity index (χ2n) is 2.31. The number of hydrazone groups is 1. The van der Waals surface area contributed by atoms with Crippen LogP contribution in [-0.4, -0.2) is 17.4 Å². The van der Waals surface area contributed by atoms with Gasteiger partial charge in [-0.15, -0.1) is 0 Å². The van der Waals surface area contributed by atoms with Gasteiger partial charge < -0.3 is 10.5 Å². The Labute approximate surface area is 66.1 Å². The van der Waals surface area contributed by atoms with Crippen LogP contribution in [0.4, 0.5) is 0 Å². The fraction of sp³-hybridized carbons (Fsp3) is 0.375. The molecule has 1 heterocycles. The highest BCUT2D eigenvalue weighted by Crippen LogP contribution is 2.11. The van der Waals surface area contributed by atoms with E-state index in [1.54, 1.807) is 0 Å². The predicted molar refractivity (Wildman–Crippen MR) is 45.6 cm³/mol. The van der Waals surface area contributed by atoms with Gasteiger partial charge >= 0.3 is 0 Å². The summed E-state index contributed by atoms with van der Waals surface area (Å²) in [6.45, 7) is 6.22. The van der Waals surface area contributed by atoms with Gasteiger partial charge in [-0.25, -0.2) is 0 Å². The molecule has 0 saturated heterocycles. The third kappa shape index (κ3) is 1.42. The normalized spacial score (nSPS) is 17.4. The summed E-state index contributed by atoms with van der Waals surface area (Å²) >= 11 is 0. The molecule has 0 fully saturated rings. The van der Waals surface area contributed by atoms with Gasteiger partial charge in [0, 0.05) is 5.57 Å². The number of allylic oxidation sites excluding steroid dienone is 1. The van der Waals surface area contributed by atoms with E-state index in [4.69, 9.17) is 0 Å². The lowest BCUT2D eigenvalue weighted by Gasteiger charge is -2.17. The molecule has 0 unspecified atom stereocenters. The Hall–Kier alpha value is -1.25. The maximum Gasteiger partial charge on any atom is 0.120 e. The minimum absolute atomic E-state index is 0.243. The molecule has 60 valence electrons. The lowest BCUT2D eigenvalue weighted by atomic mass is 10.1. The first-order valence-corrected chi connectivity index (χ1v) is 3.64. The van der Waals surface area contributed by atoms with Gasteiger partial charge in [0.05, 0.1) is 12.3 Å². The number of nitrogens with zero attached hydrogens (tertiary/aromatic N) is 1. The van der Waals surface area contributed by atoms with Crippen LogP contribution in [0.15, 0.2) is 29.1 Å². The van der Waals surface area contributed by atoms with Gasteiger partial charge in [0.25, 0.3) is 0 Å². The molecule has 2 N–H and O–H groups in total. The molecule has 1 rings (SSSR count). The Bertz CT molecular complexity index is 228. The Balaban J connectivity index is 2.85. The van der Waals surface area contributed by atoms with Crippen molar-refractivity contribution in [2.45, 2.75) is 13.3 Å². The van der Waals surface area contributed by atoms with Gasteiger partial charge in [-0.1, -0.05) is 13.5 Å². The minimum atomic E-state index is 0.243. The molecular formula is C8H12N2O. The van der Waals surface area contributed by atoms with Crippen LogP contribution in [0.5, 0.6) is 0 Å². The summed E-state index contributed by atoms with van der Waals surface area (Å²) in [7, 11) is 0. The van der Waals surface area contributed by atoms with E-state index in [0.29, 0.717) is 0 Å². The molecule has 0 amide bonds. The number of aliphatic hydroxyl groups is 1. The molecule has 0 saturated carbocycles. The number of hydrogen-bond donors (Lipinski definition) is 2.